The van der Waals surface area contributed by atoms with Gasteiger partial charge in [-0.3, -0.25) is 4.68 Å². The first-order valence-corrected chi connectivity index (χ1v) is 11.8. The highest BCUT2D eigenvalue weighted by Crippen LogP contribution is 2.40. The molecule has 0 aliphatic heterocycles. The third-order valence-corrected chi connectivity index (χ3v) is 6.57. The van der Waals surface area contributed by atoms with Crippen molar-refractivity contribution in [1.29, 1.82) is 0 Å². The monoisotopic (exact) mass is 441 g/mol. The average molecular weight is 442 g/mol. The van der Waals surface area contributed by atoms with Gasteiger partial charge < -0.3 is 9.99 Å². The number of benzene rings is 4. The number of rotatable bonds is 5. The predicted molar refractivity (Wildman–Crippen MR) is 147 cm³/mol. The molecule has 0 aliphatic carbocycles. The molecular formula is C31H27N3. The van der Waals surface area contributed by atoms with E-state index in [2.05, 4.69) is 131 Å². The van der Waals surface area contributed by atoms with Gasteiger partial charge in [-0.15, -0.1) is 0 Å². The van der Waals surface area contributed by atoms with Crippen LogP contribution in [0.5, 0.6) is 0 Å². The van der Waals surface area contributed by atoms with E-state index in [9.17, 15) is 0 Å². The number of fused-ring (bicyclic) bond motifs is 7. The summed E-state index contributed by atoms with van der Waals surface area (Å²) in [6.45, 7) is 4.98. The topological polar surface area (TPSA) is 21.9 Å². The van der Waals surface area contributed by atoms with Gasteiger partial charge in [-0.2, -0.15) is 0 Å². The van der Waals surface area contributed by atoms with Crippen molar-refractivity contribution in [1.82, 2.24) is 9.24 Å². The Bertz CT molecular complexity index is 1710. The Morgan fingerprint density at radius 2 is 1.44 bits per heavy atom. The number of hydrogen-bond acceptors (Lipinski definition) is 1. The van der Waals surface area contributed by atoms with Gasteiger partial charge >= 0.3 is 0 Å². The normalized spacial score (nSPS) is 12.6. The van der Waals surface area contributed by atoms with Crippen molar-refractivity contribution in [3.8, 4) is 5.69 Å². The van der Waals surface area contributed by atoms with E-state index in [-0.39, 0.29) is 0 Å². The predicted octanol–water partition coefficient (Wildman–Crippen LogP) is 7.96. The Morgan fingerprint density at radius 1 is 0.735 bits per heavy atom. The van der Waals surface area contributed by atoms with Gasteiger partial charge in [0.25, 0.3) is 0 Å². The summed E-state index contributed by atoms with van der Waals surface area (Å²) in [5.41, 5.74) is 11.0. The van der Waals surface area contributed by atoms with Crippen molar-refractivity contribution in [2.45, 2.75) is 13.8 Å². The molecule has 0 aliphatic rings. The summed E-state index contributed by atoms with van der Waals surface area (Å²) < 4.78 is 4.67. The number of allylic oxidation sites excluding steroid dienone is 3. The number of nitrogens with one attached hydrogen (secondary N) is 1. The Kier molecular flexibility index (Phi) is 4.96. The second kappa shape index (κ2) is 8.27. The van der Waals surface area contributed by atoms with Crippen LogP contribution in [-0.2, 0) is 0 Å². The Morgan fingerprint density at radius 3 is 2.24 bits per heavy atom. The summed E-state index contributed by atoms with van der Waals surface area (Å²) in [6.07, 6.45) is 6.31. The van der Waals surface area contributed by atoms with Crippen LogP contribution in [0, 0.1) is 0 Å². The van der Waals surface area contributed by atoms with Gasteiger partial charge in [0.05, 0.1) is 28.6 Å². The molecule has 3 nitrogen and oxygen atoms in total. The molecule has 0 atom stereocenters. The van der Waals surface area contributed by atoms with Crippen molar-refractivity contribution in [2.24, 2.45) is 0 Å². The van der Waals surface area contributed by atoms with E-state index in [1.807, 2.05) is 6.92 Å². The summed E-state index contributed by atoms with van der Waals surface area (Å²) in [5, 5.41) is 5.08. The van der Waals surface area contributed by atoms with Gasteiger partial charge in [0, 0.05) is 27.2 Å². The fourth-order valence-electron chi connectivity index (χ4n) is 5.05. The summed E-state index contributed by atoms with van der Waals surface area (Å²) in [5.74, 6) is 0. The summed E-state index contributed by atoms with van der Waals surface area (Å²) >= 11 is 0. The van der Waals surface area contributed by atoms with Crippen molar-refractivity contribution in [3.05, 3.63) is 115 Å². The largest absolute Gasteiger partial charge is 0.321 e. The van der Waals surface area contributed by atoms with Crippen molar-refractivity contribution < 1.29 is 0 Å². The van der Waals surface area contributed by atoms with Crippen LogP contribution in [0.15, 0.2) is 115 Å². The molecule has 0 unspecified atom stereocenters. The second-order valence-electron chi connectivity index (χ2n) is 8.77. The van der Waals surface area contributed by atoms with Crippen molar-refractivity contribution >= 4 is 43.6 Å². The number of para-hydroxylation sites is 3. The third kappa shape index (κ3) is 3.12. The summed E-state index contributed by atoms with van der Waals surface area (Å²) in [7, 11) is 0. The van der Waals surface area contributed by atoms with Crippen LogP contribution >= 0.6 is 0 Å². The Labute approximate surface area is 199 Å². The lowest BCUT2D eigenvalue weighted by molar-refractivity contribution is 0.941. The van der Waals surface area contributed by atoms with Crippen LogP contribution in [0.1, 0.15) is 13.8 Å². The van der Waals surface area contributed by atoms with Gasteiger partial charge in [0.1, 0.15) is 0 Å². The molecule has 3 heteroatoms. The molecule has 0 saturated carbocycles. The minimum atomic E-state index is 0.776. The van der Waals surface area contributed by atoms with Gasteiger partial charge in [-0.05, 0) is 44.2 Å². The maximum atomic E-state index is 3.68. The minimum Gasteiger partial charge on any atom is -0.321 e. The van der Waals surface area contributed by atoms with Crippen LogP contribution < -0.4 is 5.43 Å². The van der Waals surface area contributed by atoms with E-state index in [1.54, 1.807) is 0 Å². The molecule has 4 aromatic carbocycles. The fourth-order valence-corrected chi connectivity index (χ4v) is 5.05. The third-order valence-electron chi connectivity index (χ3n) is 6.57. The van der Waals surface area contributed by atoms with Gasteiger partial charge in [-0.25, -0.2) is 0 Å². The average Bonchev–Trinajstić information content (AvgIpc) is 3.39. The molecule has 0 amide bonds. The van der Waals surface area contributed by atoms with E-state index in [4.69, 9.17) is 0 Å². The standard InChI is InChI=1S/C31H27N3/c1-3-4-12-22(2)21-32-34-28-18-11-9-16-26(28)30-29(34)20-19-25-24-15-8-10-17-27(24)33(31(25)30)23-13-6-5-7-14-23/h3-20,32H,21H2,1-2H3/b4-3-,22-12+. The van der Waals surface area contributed by atoms with E-state index in [0.29, 0.717) is 0 Å². The lowest BCUT2D eigenvalue weighted by atomic mass is 10.1. The highest BCUT2D eigenvalue weighted by Gasteiger charge is 2.19. The molecule has 166 valence electrons. The Balaban J connectivity index is 1.71. The van der Waals surface area contributed by atoms with E-state index in [1.165, 1.54) is 54.9 Å². The van der Waals surface area contributed by atoms with Crippen molar-refractivity contribution in [2.75, 3.05) is 12.0 Å². The SMILES string of the molecule is C/C=C\C=C(/C)CNn1c2ccccc2c2c1ccc1c3ccccc3n(-c3ccccc3)c12. The molecule has 0 radical (unpaired) electrons. The number of hydrogen-bond donors (Lipinski definition) is 1. The highest BCUT2D eigenvalue weighted by atomic mass is 15.4. The maximum Gasteiger partial charge on any atom is 0.0727 e. The van der Waals surface area contributed by atoms with Crippen molar-refractivity contribution in [3.63, 3.8) is 0 Å². The maximum absolute atomic E-state index is 3.68. The summed E-state index contributed by atoms with van der Waals surface area (Å²) in [6, 6.07) is 32.6. The highest BCUT2D eigenvalue weighted by molar-refractivity contribution is 6.25. The number of aromatic nitrogens is 2. The Hall–Kier alpha value is -4.24. The zero-order valence-electron chi connectivity index (χ0n) is 19.5. The van der Waals surface area contributed by atoms with Gasteiger partial charge in [0.2, 0.25) is 0 Å². The van der Waals surface area contributed by atoms with Crippen LogP contribution in [0.4, 0.5) is 0 Å². The zero-order valence-corrected chi connectivity index (χ0v) is 19.5. The lowest BCUT2D eigenvalue weighted by Gasteiger charge is -2.12. The van der Waals surface area contributed by atoms with E-state index in [0.717, 1.165) is 6.54 Å². The van der Waals surface area contributed by atoms with Crippen LogP contribution in [0.3, 0.4) is 0 Å². The molecule has 2 heterocycles. The first-order valence-electron chi connectivity index (χ1n) is 11.8. The first-order chi connectivity index (χ1) is 16.8. The molecule has 2 aromatic heterocycles. The molecule has 6 rings (SSSR count). The quantitative estimate of drug-likeness (QED) is 0.269. The van der Waals surface area contributed by atoms with Crippen LogP contribution in [0.25, 0.3) is 49.3 Å². The second-order valence-corrected chi connectivity index (χ2v) is 8.77. The smallest absolute Gasteiger partial charge is 0.0727 e. The van der Waals surface area contributed by atoms with E-state index >= 15 is 0 Å². The van der Waals surface area contributed by atoms with Gasteiger partial charge in [0.15, 0.2) is 0 Å². The molecule has 1 N–H and O–H groups in total. The van der Waals surface area contributed by atoms with E-state index < -0.39 is 0 Å². The molecule has 34 heavy (non-hydrogen) atoms. The van der Waals surface area contributed by atoms with Crippen LogP contribution in [-0.4, -0.2) is 15.8 Å². The zero-order chi connectivity index (χ0) is 23.1. The summed E-state index contributed by atoms with van der Waals surface area (Å²) in [4.78, 5) is 0. The molecule has 6 aromatic rings. The molecule has 0 saturated heterocycles. The van der Waals surface area contributed by atoms with Crippen LogP contribution in [0.2, 0.25) is 0 Å². The molecule has 0 fully saturated rings. The lowest BCUT2D eigenvalue weighted by Crippen LogP contribution is -2.16. The fraction of sp³-hybridized carbons (Fsp3) is 0.0968. The molecule has 0 spiro atoms. The molecule has 0 bridgehead atoms. The molecular weight excluding hydrogens is 414 g/mol. The first kappa shape index (κ1) is 20.4. The minimum absolute atomic E-state index is 0.776. The van der Waals surface area contributed by atoms with Gasteiger partial charge in [-0.1, -0.05) is 84.5 Å². The number of nitrogens with zero attached hydrogens (tertiary/aromatic N) is 2.